The number of imidazole rings is 1. The van der Waals surface area contributed by atoms with Gasteiger partial charge in [-0.3, -0.25) is 0 Å². The maximum atomic E-state index is 4.64. The fraction of sp³-hybridized carbons (Fsp3) is 0.0952. The predicted octanol–water partition coefficient (Wildman–Crippen LogP) is 5.65. The van der Waals surface area contributed by atoms with E-state index in [4.69, 9.17) is 0 Å². The summed E-state index contributed by atoms with van der Waals surface area (Å²) in [5.74, 6) is 1.83. The van der Waals surface area contributed by atoms with E-state index < -0.39 is 0 Å². The van der Waals surface area contributed by atoms with E-state index in [0.29, 0.717) is 0 Å². The van der Waals surface area contributed by atoms with E-state index in [-0.39, 0.29) is 0 Å². The van der Waals surface area contributed by atoms with Gasteiger partial charge in [-0.15, -0.1) is 11.3 Å². The van der Waals surface area contributed by atoms with Crippen molar-refractivity contribution in [3.05, 3.63) is 70.5 Å². The second-order valence-corrected chi connectivity index (χ2v) is 8.21. The topological polar surface area (TPSA) is 66.5 Å². The molecular weight excluding hydrogens is 434 g/mol. The van der Waals surface area contributed by atoms with Crippen LogP contribution in [0.4, 0.5) is 5.82 Å². The zero-order chi connectivity index (χ0) is 18.9. The molecular formula is C21H16BrN5S. The number of thiophene rings is 1. The van der Waals surface area contributed by atoms with Gasteiger partial charge in [0.2, 0.25) is 0 Å². The Bertz CT molecular complexity index is 1230. The molecule has 2 aromatic carbocycles. The van der Waals surface area contributed by atoms with Crippen molar-refractivity contribution in [3.8, 4) is 11.1 Å². The van der Waals surface area contributed by atoms with Crippen molar-refractivity contribution < 1.29 is 0 Å². The number of anilines is 1. The normalized spacial score (nSPS) is 11.3. The maximum absolute atomic E-state index is 4.64. The molecule has 5 aromatic rings. The van der Waals surface area contributed by atoms with Crippen molar-refractivity contribution in [2.45, 2.75) is 6.42 Å². The number of H-pyrrole nitrogens is 1. The Kier molecular flexibility index (Phi) is 4.54. The first kappa shape index (κ1) is 17.3. The number of rotatable bonds is 5. The first-order valence-electron chi connectivity index (χ1n) is 8.93. The summed E-state index contributed by atoms with van der Waals surface area (Å²) < 4.78 is 1.07. The number of halogens is 1. The van der Waals surface area contributed by atoms with Crippen molar-refractivity contribution >= 4 is 54.3 Å². The van der Waals surface area contributed by atoms with Crippen LogP contribution in [-0.2, 0) is 6.42 Å². The summed E-state index contributed by atoms with van der Waals surface area (Å²) >= 11 is 5.14. The van der Waals surface area contributed by atoms with E-state index in [9.17, 15) is 0 Å². The first-order chi connectivity index (χ1) is 13.8. The van der Waals surface area contributed by atoms with Crippen LogP contribution < -0.4 is 5.32 Å². The smallest absolute Gasteiger partial charge is 0.138 e. The molecule has 0 unspecified atom stereocenters. The van der Waals surface area contributed by atoms with Gasteiger partial charge in [-0.25, -0.2) is 15.0 Å². The molecule has 0 aliphatic heterocycles. The highest BCUT2D eigenvalue weighted by atomic mass is 79.9. The van der Waals surface area contributed by atoms with E-state index in [2.05, 4.69) is 70.8 Å². The van der Waals surface area contributed by atoms with Crippen LogP contribution in [0.2, 0.25) is 0 Å². The Labute approximate surface area is 174 Å². The summed E-state index contributed by atoms with van der Waals surface area (Å²) in [4.78, 5) is 17.9. The minimum Gasteiger partial charge on any atom is -0.369 e. The van der Waals surface area contributed by atoms with Gasteiger partial charge >= 0.3 is 0 Å². The molecule has 0 aliphatic rings. The lowest BCUT2D eigenvalue weighted by molar-refractivity contribution is 0.929. The number of aromatic amines is 1. The minimum atomic E-state index is 0.738. The van der Waals surface area contributed by atoms with E-state index in [1.165, 1.54) is 0 Å². The number of nitrogens with zero attached hydrogens (tertiary/aromatic N) is 3. The molecule has 0 aliphatic carbocycles. The lowest BCUT2D eigenvalue weighted by Gasteiger charge is -2.08. The van der Waals surface area contributed by atoms with E-state index in [1.807, 2.05) is 24.3 Å². The van der Waals surface area contributed by atoms with Crippen LogP contribution in [-0.4, -0.2) is 26.5 Å². The van der Waals surface area contributed by atoms with E-state index >= 15 is 0 Å². The number of aromatic nitrogens is 4. The van der Waals surface area contributed by atoms with Crippen LogP contribution >= 0.6 is 27.3 Å². The zero-order valence-electron chi connectivity index (χ0n) is 14.8. The molecule has 7 heteroatoms. The Morgan fingerprint density at radius 3 is 2.75 bits per heavy atom. The number of hydrogen-bond acceptors (Lipinski definition) is 5. The summed E-state index contributed by atoms with van der Waals surface area (Å²) in [6.45, 7) is 0.738. The molecule has 0 radical (unpaired) electrons. The SMILES string of the molecule is Brc1ccc(-c2csc3ncnc(NCCc4nc5ccccc5[nH]4)c23)cc1. The Morgan fingerprint density at radius 1 is 1.04 bits per heavy atom. The standard InChI is InChI=1S/C21H16BrN5S/c22-14-7-5-13(6-8-14)15-11-28-21-19(15)20(24-12-25-21)23-10-9-18-26-16-3-1-2-4-17(16)27-18/h1-8,11-12H,9-10H2,(H,26,27)(H,23,24,25). The van der Waals surface area contributed by atoms with E-state index in [1.54, 1.807) is 17.7 Å². The first-order valence-corrected chi connectivity index (χ1v) is 10.6. The fourth-order valence-electron chi connectivity index (χ4n) is 3.27. The number of hydrogen-bond donors (Lipinski definition) is 2. The summed E-state index contributed by atoms with van der Waals surface area (Å²) in [5, 5.41) is 6.69. The fourth-order valence-corrected chi connectivity index (χ4v) is 4.45. The molecule has 0 saturated heterocycles. The largest absolute Gasteiger partial charge is 0.369 e. The number of fused-ring (bicyclic) bond motifs is 2. The average molecular weight is 450 g/mol. The summed E-state index contributed by atoms with van der Waals surface area (Å²) in [5.41, 5.74) is 4.37. The lowest BCUT2D eigenvalue weighted by atomic mass is 10.1. The van der Waals surface area contributed by atoms with Crippen LogP contribution in [0, 0.1) is 0 Å². The van der Waals surface area contributed by atoms with Gasteiger partial charge in [-0.2, -0.15) is 0 Å². The summed E-state index contributed by atoms with van der Waals surface area (Å²) in [6.07, 6.45) is 2.41. The molecule has 28 heavy (non-hydrogen) atoms. The third-order valence-corrected chi connectivity index (χ3v) is 6.03. The quantitative estimate of drug-likeness (QED) is 0.363. The van der Waals surface area contributed by atoms with Gasteiger partial charge in [0.05, 0.1) is 16.4 Å². The molecule has 3 heterocycles. The third-order valence-electron chi connectivity index (χ3n) is 4.62. The molecule has 2 N–H and O–H groups in total. The molecule has 0 saturated carbocycles. The number of benzene rings is 2. The highest BCUT2D eigenvalue weighted by Crippen LogP contribution is 2.36. The van der Waals surface area contributed by atoms with Crippen LogP contribution in [0.25, 0.3) is 32.4 Å². The van der Waals surface area contributed by atoms with Gasteiger partial charge in [0.15, 0.2) is 0 Å². The molecule has 5 nitrogen and oxygen atoms in total. The molecule has 0 amide bonds. The van der Waals surface area contributed by atoms with Gasteiger partial charge in [0.1, 0.15) is 22.8 Å². The third kappa shape index (κ3) is 3.27. The Hall–Kier alpha value is -2.77. The van der Waals surface area contributed by atoms with Gasteiger partial charge in [-0.05, 0) is 29.8 Å². The molecule has 5 rings (SSSR count). The molecule has 138 valence electrons. The zero-order valence-corrected chi connectivity index (χ0v) is 17.2. The summed E-state index contributed by atoms with van der Waals surface area (Å²) in [6, 6.07) is 16.4. The monoisotopic (exact) mass is 449 g/mol. The van der Waals surface area contributed by atoms with Crippen molar-refractivity contribution in [2.75, 3.05) is 11.9 Å². The van der Waals surface area contributed by atoms with Crippen LogP contribution in [0.5, 0.6) is 0 Å². The Balaban J connectivity index is 1.41. The lowest BCUT2D eigenvalue weighted by Crippen LogP contribution is -2.07. The van der Waals surface area contributed by atoms with Crippen molar-refractivity contribution in [1.82, 2.24) is 19.9 Å². The van der Waals surface area contributed by atoms with Gasteiger partial charge in [0.25, 0.3) is 0 Å². The molecule has 0 fully saturated rings. The highest BCUT2D eigenvalue weighted by molar-refractivity contribution is 9.10. The van der Waals surface area contributed by atoms with Gasteiger partial charge in [0, 0.05) is 28.4 Å². The van der Waals surface area contributed by atoms with Crippen molar-refractivity contribution in [3.63, 3.8) is 0 Å². The maximum Gasteiger partial charge on any atom is 0.138 e. The molecule has 0 spiro atoms. The molecule has 0 bridgehead atoms. The Morgan fingerprint density at radius 2 is 1.89 bits per heavy atom. The molecule has 3 aromatic heterocycles. The minimum absolute atomic E-state index is 0.738. The van der Waals surface area contributed by atoms with Crippen LogP contribution in [0.15, 0.2) is 64.7 Å². The second kappa shape index (κ2) is 7.33. The van der Waals surface area contributed by atoms with E-state index in [0.717, 1.165) is 61.5 Å². The van der Waals surface area contributed by atoms with Crippen LogP contribution in [0.1, 0.15) is 5.82 Å². The van der Waals surface area contributed by atoms with Crippen molar-refractivity contribution in [2.24, 2.45) is 0 Å². The van der Waals surface area contributed by atoms with Gasteiger partial charge in [-0.1, -0.05) is 40.2 Å². The number of para-hydroxylation sites is 2. The second-order valence-electron chi connectivity index (χ2n) is 6.44. The van der Waals surface area contributed by atoms with Crippen molar-refractivity contribution in [1.29, 1.82) is 0 Å². The van der Waals surface area contributed by atoms with Gasteiger partial charge < -0.3 is 10.3 Å². The predicted molar refractivity (Wildman–Crippen MR) is 119 cm³/mol. The van der Waals surface area contributed by atoms with Crippen LogP contribution in [0.3, 0.4) is 0 Å². The molecule has 0 atom stereocenters. The number of nitrogens with one attached hydrogen (secondary N) is 2. The highest BCUT2D eigenvalue weighted by Gasteiger charge is 2.13. The summed E-state index contributed by atoms with van der Waals surface area (Å²) in [7, 11) is 0. The average Bonchev–Trinajstić information content (AvgIpc) is 3.33.